The molecule has 0 aliphatic rings. The van der Waals surface area contributed by atoms with Crippen molar-refractivity contribution in [3.63, 3.8) is 0 Å². The van der Waals surface area contributed by atoms with Gasteiger partial charge < -0.3 is 33.7 Å². The van der Waals surface area contributed by atoms with Crippen LogP contribution in [0.4, 0.5) is 0 Å². The maximum absolute atomic E-state index is 12.0. The number of carboxylic acid groups (broad SMARTS) is 1. The SMILES string of the molecule is CCCCCCC/C=C\C/C=C\C/C=C\CCCCCCCCCCCCCCCCC(=O)OCC(O)COC(OCC[N+](C)(C)C)C(=O)[O-]. The third-order valence-corrected chi connectivity index (χ3v) is 8.62. The molecule has 0 rings (SSSR count). The normalized spacial score (nSPS) is 13.5. The van der Waals surface area contributed by atoms with Crippen LogP contribution in [0.25, 0.3) is 0 Å². The molecule has 0 spiro atoms. The summed E-state index contributed by atoms with van der Waals surface area (Å²) >= 11 is 0. The number of carbonyl (C=O) groups excluding carboxylic acids is 2. The second kappa shape index (κ2) is 35.4. The lowest BCUT2D eigenvalue weighted by Crippen LogP contribution is -2.44. The third-order valence-electron chi connectivity index (χ3n) is 8.62. The van der Waals surface area contributed by atoms with Gasteiger partial charge in [-0.25, -0.2) is 0 Å². The van der Waals surface area contributed by atoms with Crippen LogP contribution in [0.15, 0.2) is 36.5 Å². The molecule has 2 unspecified atom stereocenters. The number of ether oxygens (including phenoxy) is 3. The summed E-state index contributed by atoms with van der Waals surface area (Å²) in [4.78, 5) is 23.2. The fourth-order valence-corrected chi connectivity index (χ4v) is 5.42. The van der Waals surface area contributed by atoms with E-state index in [1.165, 1.54) is 116 Å². The summed E-state index contributed by atoms with van der Waals surface area (Å²) < 4.78 is 16.0. The molecule has 0 aromatic heterocycles. The number of carboxylic acids is 1. The van der Waals surface area contributed by atoms with E-state index in [1.54, 1.807) is 0 Å². The molecule has 0 aliphatic heterocycles. The average Bonchev–Trinajstić information content (AvgIpc) is 3.07. The molecule has 8 nitrogen and oxygen atoms in total. The first-order valence-corrected chi connectivity index (χ1v) is 20.2. The standard InChI is InChI=1S/C42H77NO7/c1-5-6-7-8-9-10-11-12-13-14-15-16-17-18-19-20-21-22-23-24-25-26-27-28-29-30-31-32-33-34-40(45)49-37-39(44)38-50-42(41(46)47)48-36-35-43(2,3)4/h11-12,14-15,17-18,39,42,44H,5-10,13,16,19-38H2,1-4H3/b12-11-,15-14-,18-17-. The van der Waals surface area contributed by atoms with Gasteiger partial charge in [-0.1, -0.05) is 146 Å². The van der Waals surface area contributed by atoms with Crippen molar-refractivity contribution in [1.29, 1.82) is 0 Å². The van der Waals surface area contributed by atoms with E-state index >= 15 is 0 Å². The van der Waals surface area contributed by atoms with E-state index in [4.69, 9.17) is 14.2 Å². The average molecular weight is 708 g/mol. The Kier molecular flexibility index (Phi) is 34.0. The van der Waals surface area contributed by atoms with Crippen LogP contribution >= 0.6 is 0 Å². The predicted molar refractivity (Wildman–Crippen MR) is 204 cm³/mol. The quantitative estimate of drug-likeness (QED) is 0.0226. The second-order valence-electron chi connectivity index (χ2n) is 14.8. The Morgan fingerprint density at radius 3 is 1.52 bits per heavy atom. The maximum atomic E-state index is 12.0. The van der Waals surface area contributed by atoms with Crippen molar-refractivity contribution in [2.45, 2.75) is 173 Å². The topological polar surface area (TPSA) is 105 Å². The number of aliphatic hydroxyl groups excluding tert-OH is 1. The number of aliphatic hydroxyl groups is 1. The van der Waals surface area contributed by atoms with E-state index in [2.05, 4.69) is 43.4 Å². The van der Waals surface area contributed by atoms with Crippen LogP contribution in [0.1, 0.15) is 161 Å². The van der Waals surface area contributed by atoms with E-state index in [9.17, 15) is 19.8 Å². The Morgan fingerprint density at radius 1 is 0.620 bits per heavy atom. The van der Waals surface area contributed by atoms with Crippen LogP contribution in [0.2, 0.25) is 0 Å². The number of esters is 1. The molecule has 0 saturated heterocycles. The molecule has 0 saturated carbocycles. The molecular weight excluding hydrogens is 630 g/mol. The minimum atomic E-state index is -1.57. The fourth-order valence-electron chi connectivity index (χ4n) is 5.42. The Hall–Kier alpha value is -2.00. The van der Waals surface area contributed by atoms with Gasteiger partial charge in [0.1, 0.15) is 19.3 Å². The molecule has 50 heavy (non-hydrogen) atoms. The molecule has 0 aromatic carbocycles. The van der Waals surface area contributed by atoms with Crippen molar-refractivity contribution in [2.24, 2.45) is 0 Å². The number of carbonyl (C=O) groups is 2. The monoisotopic (exact) mass is 708 g/mol. The number of nitrogens with zero attached hydrogens (tertiary/aromatic N) is 1. The highest BCUT2D eigenvalue weighted by atomic mass is 16.7. The molecule has 1 N–H and O–H groups in total. The highest BCUT2D eigenvalue weighted by molar-refractivity contribution is 5.69. The number of allylic oxidation sites excluding steroid dienone is 6. The molecule has 8 heteroatoms. The summed E-state index contributed by atoms with van der Waals surface area (Å²) in [5.41, 5.74) is 0. The third kappa shape index (κ3) is 37.3. The van der Waals surface area contributed by atoms with Gasteiger partial charge in [0, 0.05) is 6.42 Å². The van der Waals surface area contributed by atoms with E-state index in [1.807, 2.05) is 21.1 Å². The van der Waals surface area contributed by atoms with E-state index in [-0.39, 0.29) is 25.8 Å². The minimum absolute atomic E-state index is 0.170. The number of rotatable bonds is 37. The second-order valence-corrected chi connectivity index (χ2v) is 14.8. The van der Waals surface area contributed by atoms with Crippen LogP contribution in [0, 0.1) is 0 Å². The van der Waals surface area contributed by atoms with Crippen LogP contribution in [-0.4, -0.2) is 81.4 Å². The van der Waals surface area contributed by atoms with Gasteiger partial charge in [0.25, 0.3) is 0 Å². The summed E-state index contributed by atoms with van der Waals surface area (Å²) in [7, 11) is 5.87. The molecule has 292 valence electrons. The number of aliphatic carboxylic acids is 1. The molecule has 0 aliphatic carbocycles. The smallest absolute Gasteiger partial charge is 0.305 e. The number of hydrogen-bond acceptors (Lipinski definition) is 7. The highest BCUT2D eigenvalue weighted by Gasteiger charge is 2.17. The first kappa shape index (κ1) is 48.0. The van der Waals surface area contributed by atoms with Gasteiger partial charge in [-0.05, 0) is 44.9 Å². The van der Waals surface area contributed by atoms with Gasteiger partial charge >= 0.3 is 5.97 Å². The minimum Gasteiger partial charge on any atom is -0.545 e. The van der Waals surface area contributed by atoms with Crippen LogP contribution in [0.5, 0.6) is 0 Å². The molecule has 0 amide bonds. The number of quaternary nitrogens is 1. The molecule has 0 radical (unpaired) electrons. The summed E-state index contributed by atoms with van der Waals surface area (Å²) in [6.45, 7) is 2.45. The van der Waals surface area contributed by atoms with E-state index in [0.29, 0.717) is 17.4 Å². The maximum Gasteiger partial charge on any atom is 0.305 e. The van der Waals surface area contributed by atoms with Crippen molar-refractivity contribution >= 4 is 11.9 Å². The lowest BCUT2D eigenvalue weighted by molar-refractivity contribution is -0.870. The summed E-state index contributed by atoms with van der Waals surface area (Å²) in [5.74, 6) is -1.87. The Labute approximate surface area is 307 Å². The van der Waals surface area contributed by atoms with E-state index in [0.717, 1.165) is 32.1 Å². The van der Waals surface area contributed by atoms with Gasteiger partial charge in [-0.15, -0.1) is 0 Å². The summed E-state index contributed by atoms with van der Waals surface area (Å²) in [5, 5.41) is 21.2. The van der Waals surface area contributed by atoms with Crippen molar-refractivity contribution < 1.29 is 38.5 Å². The van der Waals surface area contributed by atoms with Gasteiger partial charge in [0.15, 0.2) is 6.29 Å². The van der Waals surface area contributed by atoms with E-state index < -0.39 is 18.4 Å². The van der Waals surface area contributed by atoms with Crippen LogP contribution < -0.4 is 5.11 Å². The molecule has 0 aromatic rings. The number of likely N-dealkylation sites (N-methyl/N-ethyl adjacent to an activating group) is 1. The summed E-state index contributed by atoms with van der Waals surface area (Å²) in [6, 6.07) is 0. The zero-order valence-corrected chi connectivity index (χ0v) is 32.8. The van der Waals surface area contributed by atoms with Crippen molar-refractivity contribution in [3.05, 3.63) is 36.5 Å². The van der Waals surface area contributed by atoms with Gasteiger partial charge in [0.2, 0.25) is 0 Å². The fraction of sp³-hybridized carbons (Fsp3) is 0.810. The van der Waals surface area contributed by atoms with Crippen molar-refractivity contribution in [2.75, 3.05) is 47.5 Å². The predicted octanol–water partition coefficient (Wildman–Crippen LogP) is 8.76. The zero-order chi connectivity index (χ0) is 37.0. The van der Waals surface area contributed by atoms with Crippen LogP contribution in [-0.2, 0) is 23.8 Å². The van der Waals surface area contributed by atoms with Gasteiger partial charge in [-0.3, -0.25) is 4.79 Å². The molecule has 0 fully saturated rings. The van der Waals surface area contributed by atoms with Gasteiger partial charge in [0.05, 0.1) is 40.3 Å². The first-order chi connectivity index (χ1) is 24.2. The molecule has 2 atom stereocenters. The Bertz CT molecular complexity index is 865. The largest absolute Gasteiger partial charge is 0.545 e. The Morgan fingerprint density at radius 2 is 1.06 bits per heavy atom. The zero-order valence-electron chi connectivity index (χ0n) is 32.8. The molecular formula is C42H77NO7. The van der Waals surface area contributed by atoms with Gasteiger partial charge in [-0.2, -0.15) is 0 Å². The number of hydrogen-bond donors (Lipinski definition) is 1. The van der Waals surface area contributed by atoms with Crippen molar-refractivity contribution in [1.82, 2.24) is 0 Å². The molecule has 0 heterocycles. The highest BCUT2D eigenvalue weighted by Crippen LogP contribution is 2.14. The molecule has 0 bridgehead atoms. The van der Waals surface area contributed by atoms with Crippen molar-refractivity contribution in [3.8, 4) is 0 Å². The lowest BCUT2D eigenvalue weighted by Gasteiger charge is -2.26. The summed E-state index contributed by atoms with van der Waals surface area (Å²) in [6.07, 6.45) is 40.2. The number of unbranched alkanes of at least 4 members (excludes halogenated alkanes) is 19. The van der Waals surface area contributed by atoms with Crippen LogP contribution in [0.3, 0.4) is 0 Å². The lowest BCUT2D eigenvalue weighted by atomic mass is 10.0. The Balaban J connectivity index is 3.47. The first-order valence-electron chi connectivity index (χ1n) is 20.2.